The maximum absolute atomic E-state index is 9.62. The van der Waals surface area contributed by atoms with Crippen LogP contribution in [0.1, 0.15) is 11.1 Å². The molecule has 0 aliphatic carbocycles. The van der Waals surface area contributed by atoms with Crippen molar-refractivity contribution in [3.63, 3.8) is 0 Å². The van der Waals surface area contributed by atoms with E-state index in [1.54, 1.807) is 42.5 Å². The topological polar surface area (TPSA) is 49.7 Å². The first-order valence-corrected chi connectivity index (χ1v) is 9.25. The lowest BCUT2D eigenvalue weighted by molar-refractivity contribution is 0.411. The summed E-state index contributed by atoms with van der Waals surface area (Å²) in [6.45, 7) is 3.74. The van der Waals surface area contributed by atoms with Gasteiger partial charge in [-0.05, 0) is 67.4 Å². The molecule has 7 heteroatoms. The number of phenols is 2. The molecule has 0 saturated carbocycles. The minimum absolute atomic E-state index is 0.0523. The van der Waals surface area contributed by atoms with Gasteiger partial charge in [0.05, 0.1) is 5.02 Å². The van der Waals surface area contributed by atoms with E-state index >= 15 is 0 Å². The quantitative estimate of drug-likeness (QED) is 0.422. The van der Waals surface area contributed by atoms with E-state index in [-0.39, 0.29) is 17.2 Å². The van der Waals surface area contributed by atoms with Gasteiger partial charge in [-0.25, -0.2) is 0 Å². The number of hydrogen-bond acceptors (Lipinski definition) is 3. The minimum Gasteiger partial charge on any atom is -0.508 e. The average Bonchev–Trinajstić information content (AvgIpc) is 2.58. The number of rotatable bonds is 2. The molecular weight excluding hydrogens is 430 g/mol. The molecule has 0 spiro atoms. The van der Waals surface area contributed by atoms with Gasteiger partial charge in [-0.2, -0.15) is 0 Å². The van der Waals surface area contributed by atoms with Crippen LogP contribution in [-0.4, -0.2) is 10.2 Å². The molecule has 0 unspecified atom stereocenters. The highest BCUT2D eigenvalue weighted by atomic mass is 35.5. The molecule has 0 saturated heterocycles. The largest absolute Gasteiger partial charge is 0.508 e. The summed E-state index contributed by atoms with van der Waals surface area (Å²) in [6, 6.07) is 12.7. The van der Waals surface area contributed by atoms with Gasteiger partial charge in [0.15, 0.2) is 11.5 Å². The van der Waals surface area contributed by atoms with Gasteiger partial charge in [0.25, 0.3) is 0 Å². The van der Waals surface area contributed by atoms with Gasteiger partial charge in [-0.3, -0.25) is 0 Å². The summed E-state index contributed by atoms with van der Waals surface area (Å²) in [5, 5.41) is 20.7. The number of aryl methyl sites for hydroxylation is 2. The summed E-state index contributed by atoms with van der Waals surface area (Å²) in [4.78, 5) is 0. The fourth-order valence-corrected chi connectivity index (χ4v) is 2.90. The monoisotopic (exact) mass is 444 g/mol. The zero-order valence-electron chi connectivity index (χ0n) is 14.4. The molecule has 3 aromatic rings. The number of phenolic OH excluding ortho intramolecular Hbond substituents is 2. The Morgan fingerprint density at radius 1 is 0.704 bits per heavy atom. The third-order valence-corrected chi connectivity index (χ3v) is 4.82. The fourth-order valence-electron chi connectivity index (χ4n) is 2.18. The normalized spacial score (nSPS) is 10.1. The van der Waals surface area contributed by atoms with Crippen molar-refractivity contribution in [2.24, 2.45) is 0 Å². The molecule has 0 aliphatic rings. The molecule has 0 aliphatic heterocycles. The number of aromatic hydroxyl groups is 2. The highest BCUT2D eigenvalue weighted by Gasteiger charge is 2.08. The molecule has 0 amide bonds. The second-order valence-electron chi connectivity index (χ2n) is 5.68. The summed E-state index contributed by atoms with van der Waals surface area (Å²) in [7, 11) is 0. The van der Waals surface area contributed by atoms with Crippen LogP contribution in [0.3, 0.4) is 0 Å². The van der Waals surface area contributed by atoms with Crippen molar-refractivity contribution in [3.8, 4) is 23.0 Å². The van der Waals surface area contributed by atoms with Crippen LogP contribution in [0.5, 0.6) is 23.0 Å². The van der Waals surface area contributed by atoms with Crippen molar-refractivity contribution >= 4 is 46.4 Å². The van der Waals surface area contributed by atoms with Crippen molar-refractivity contribution in [2.75, 3.05) is 0 Å². The Kier molecular flexibility index (Phi) is 7.51. The summed E-state index contributed by atoms with van der Waals surface area (Å²) < 4.78 is 5.45. The highest BCUT2D eigenvalue weighted by molar-refractivity contribution is 6.35. The van der Waals surface area contributed by atoms with E-state index in [1.807, 2.05) is 13.8 Å². The predicted octanol–water partition coefficient (Wildman–Crippen LogP) is 7.81. The molecular formula is C20H16Cl4O3. The number of ether oxygens (including phenoxy) is 1. The molecule has 0 bridgehead atoms. The lowest BCUT2D eigenvalue weighted by atomic mass is 10.1. The number of hydrogen-bond donors (Lipinski definition) is 2. The second kappa shape index (κ2) is 9.43. The van der Waals surface area contributed by atoms with Crippen LogP contribution in [-0.2, 0) is 0 Å². The van der Waals surface area contributed by atoms with Gasteiger partial charge >= 0.3 is 0 Å². The van der Waals surface area contributed by atoms with E-state index in [0.717, 1.165) is 16.1 Å². The second-order valence-corrected chi connectivity index (χ2v) is 7.34. The summed E-state index contributed by atoms with van der Waals surface area (Å²) in [5.41, 5.74) is 1.83. The van der Waals surface area contributed by atoms with Gasteiger partial charge in [0.1, 0.15) is 11.5 Å². The Labute approximate surface area is 177 Å². The van der Waals surface area contributed by atoms with E-state index < -0.39 is 0 Å². The molecule has 3 rings (SSSR count). The van der Waals surface area contributed by atoms with Gasteiger partial charge in [-0.1, -0.05) is 46.4 Å². The molecule has 0 atom stereocenters. The van der Waals surface area contributed by atoms with E-state index in [2.05, 4.69) is 0 Å². The van der Waals surface area contributed by atoms with Gasteiger partial charge in [0.2, 0.25) is 0 Å². The van der Waals surface area contributed by atoms with Crippen LogP contribution in [0.15, 0.2) is 48.5 Å². The lowest BCUT2D eigenvalue weighted by Gasteiger charge is -2.09. The molecule has 0 fully saturated rings. The van der Waals surface area contributed by atoms with E-state index in [4.69, 9.17) is 56.2 Å². The van der Waals surface area contributed by atoms with Crippen molar-refractivity contribution in [2.45, 2.75) is 13.8 Å². The van der Waals surface area contributed by atoms with E-state index in [1.165, 1.54) is 6.07 Å². The molecule has 3 nitrogen and oxygen atoms in total. The fraction of sp³-hybridized carbons (Fsp3) is 0.100. The maximum Gasteiger partial charge on any atom is 0.169 e. The first-order chi connectivity index (χ1) is 12.7. The lowest BCUT2D eigenvalue weighted by Crippen LogP contribution is -1.86. The summed E-state index contributed by atoms with van der Waals surface area (Å²) in [6.07, 6.45) is 0. The van der Waals surface area contributed by atoms with Crippen LogP contribution in [0.25, 0.3) is 0 Å². The Balaban J connectivity index is 0.000000223. The Morgan fingerprint density at radius 2 is 1.22 bits per heavy atom. The number of benzene rings is 3. The SMILES string of the molecule is Cc1cc(O)cc(C)c1Cl.Oc1cc(Cl)ccc1Oc1ccc(Cl)cc1Cl. The van der Waals surface area contributed by atoms with Gasteiger partial charge in [-0.15, -0.1) is 0 Å². The Morgan fingerprint density at radius 3 is 1.74 bits per heavy atom. The predicted molar refractivity (Wildman–Crippen MR) is 112 cm³/mol. The van der Waals surface area contributed by atoms with Crippen LogP contribution in [0, 0.1) is 13.8 Å². The minimum atomic E-state index is -0.0523. The van der Waals surface area contributed by atoms with E-state index in [9.17, 15) is 5.11 Å². The molecule has 0 radical (unpaired) electrons. The summed E-state index contributed by atoms with van der Waals surface area (Å²) in [5.74, 6) is 0.912. The molecule has 27 heavy (non-hydrogen) atoms. The van der Waals surface area contributed by atoms with Crippen LogP contribution >= 0.6 is 46.4 Å². The smallest absolute Gasteiger partial charge is 0.169 e. The zero-order valence-corrected chi connectivity index (χ0v) is 17.5. The molecule has 142 valence electrons. The van der Waals surface area contributed by atoms with Crippen LogP contribution in [0.2, 0.25) is 20.1 Å². The van der Waals surface area contributed by atoms with E-state index in [0.29, 0.717) is 20.8 Å². The van der Waals surface area contributed by atoms with Crippen molar-refractivity contribution in [1.29, 1.82) is 0 Å². The molecule has 0 heterocycles. The summed E-state index contributed by atoms with van der Waals surface area (Å²) >= 11 is 23.3. The Bertz CT molecular complexity index is 885. The van der Waals surface area contributed by atoms with Crippen LogP contribution in [0.4, 0.5) is 0 Å². The number of halogens is 4. The van der Waals surface area contributed by atoms with Gasteiger partial charge in [0, 0.05) is 21.1 Å². The third kappa shape index (κ3) is 6.12. The standard InChI is InChI=1S/C12H7Cl3O2.C8H9ClO/c13-7-1-3-11(9(15)5-7)17-12-4-2-8(14)6-10(12)16;1-5-3-7(10)4-6(2)8(5)9/h1-6,16H;3-4,10H,1-2H3. The first kappa shape index (κ1) is 21.5. The maximum atomic E-state index is 9.62. The molecule has 3 aromatic carbocycles. The van der Waals surface area contributed by atoms with Crippen molar-refractivity contribution in [3.05, 3.63) is 79.7 Å². The van der Waals surface area contributed by atoms with Crippen LogP contribution < -0.4 is 4.74 Å². The average molecular weight is 446 g/mol. The van der Waals surface area contributed by atoms with Crippen molar-refractivity contribution in [1.82, 2.24) is 0 Å². The highest BCUT2D eigenvalue weighted by Crippen LogP contribution is 2.36. The van der Waals surface area contributed by atoms with Gasteiger partial charge < -0.3 is 14.9 Å². The van der Waals surface area contributed by atoms with Crippen molar-refractivity contribution < 1.29 is 14.9 Å². The third-order valence-electron chi connectivity index (χ3n) is 3.46. The Hall–Kier alpha value is -1.78. The first-order valence-electron chi connectivity index (χ1n) is 7.74. The molecule has 2 N–H and O–H groups in total. The molecule has 0 aromatic heterocycles. The zero-order chi connectivity index (χ0) is 20.1.